The fourth-order valence-corrected chi connectivity index (χ4v) is 2.78. The van der Waals surface area contributed by atoms with Gasteiger partial charge in [0.1, 0.15) is 11.6 Å². The van der Waals surface area contributed by atoms with E-state index in [2.05, 4.69) is 10.2 Å². The molecule has 2 aromatic rings. The first-order chi connectivity index (χ1) is 9.93. The molecular formula is C13H13F2N3O2S. The molecule has 1 atom stereocenters. The maximum absolute atomic E-state index is 13.6. The van der Waals surface area contributed by atoms with Crippen molar-refractivity contribution in [3.05, 3.63) is 45.9 Å². The Morgan fingerprint density at radius 1 is 1.48 bits per heavy atom. The molecule has 2 rings (SSSR count). The molecule has 0 fully saturated rings. The summed E-state index contributed by atoms with van der Waals surface area (Å²) >= 11 is 1.04. The number of nitrogens with one attached hydrogen (secondary N) is 1. The van der Waals surface area contributed by atoms with Crippen LogP contribution in [-0.4, -0.2) is 25.8 Å². The highest BCUT2D eigenvalue weighted by molar-refractivity contribution is 8.00. The maximum atomic E-state index is 13.6. The first-order valence-electron chi connectivity index (χ1n) is 6.25. The van der Waals surface area contributed by atoms with Gasteiger partial charge in [-0.25, -0.2) is 18.7 Å². The number of nitrogens with zero attached hydrogens (tertiary/aromatic N) is 2. The van der Waals surface area contributed by atoms with Crippen LogP contribution in [-0.2, 0) is 6.54 Å². The second kappa shape index (κ2) is 6.21. The lowest BCUT2D eigenvalue weighted by Crippen LogP contribution is -2.19. The molecule has 8 heteroatoms. The zero-order valence-corrected chi connectivity index (χ0v) is 12.2. The zero-order chi connectivity index (χ0) is 15.6. The third-order valence-corrected chi connectivity index (χ3v) is 3.98. The van der Waals surface area contributed by atoms with Crippen molar-refractivity contribution in [3.63, 3.8) is 0 Å². The second-order valence-electron chi connectivity index (χ2n) is 4.30. The van der Waals surface area contributed by atoms with Crippen molar-refractivity contribution in [1.82, 2.24) is 14.8 Å². The lowest BCUT2D eigenvalue weighted by molar-refractivity contribution is 0.0990. The van der Waals surface area contributed by atoms with E-state index >= 15 is 0 Å². The molecule has 0 bridgehead atoms. The number of ketones is 1. The van der Waals surface area contributed by atoms with Crippen LogP contribution in [0, 0.1) is 11.6 Å². The van der Waals surface area contributed by atoms with E-state index in [1.54, 1.807) is 13.8 Å². The van der Waals surface area contributed by atoms with Crippen LogP contribution in [0.5, 0.6) is 0 Å². The fourth-order valence-electron chi connectivity index (χ4n) is 1.79. The van der Waals surface area contributed by atoms with Gasteiger partial charge in [-0.15, -0.1) is 5.10 Å². The van der Waals surface area contributed by atoms with E-state index in [9.17, 15) is 18.4 Å². The van der Waals surface area contributed by atoms with Gasteiger partial charge in [0.05, 0.1) is 10.8 Å². The van der Waals surface area contributed by atoms with Gasteiger partial charge in [-0.1, -0.05) is 11.8 Å². The highest BCUT2D eigenvalue weighted by Gasteiger charge is 2.22. The molecule has 112 valence electrons. The van der Waals surface area contributed by atoms with Gasteiger partial charge >= 0.3 is 5.69 Å². The van der Waals surface area contributed by atoms with Gasteiger partial charge in [-0.2, -0.15) is 0 Å². The van der Waals surface area contributed by atoms with Crippen molar-refractivity contribution in [2.75, 3.05) is 0 Å². The molecule has 1 aromatic carbocycles. The maximum Gasteiger partial charge on any atom is 0.343 e. The molecule has 1 N–H and O–H groups in total. The second-order valence-corrected chi connectivity index (χ2v) is 5.61. The normalized spacial score (nSPS) is 12.4. The van der Waals surface area contributed by atoms with E-state index in [1.165, 1.54) is 4.57 Å². The number of halogens is 2. The summed E-state index contributed by atoms with van der Waals surface area (Å²) in [5, 5.41) is 5.81. The van der Waals surface area contributed by atoms with Crippen LogP contribution in [0.1, 0.15) is 24.2 Å². The molecule has 5 nitrogen and oxygen atoms in total. The van der Waals surface area contributed by atoms with Gasteiger partial charge in [0, 0.05) is 12.6 Å². The van der Waals surface area contributed by atoms with Crippen molar-refractivity contribution in [1.29, 1.82) is 0 Å². The lowest BCUT2D eigenvalue weighted by Gasteiger charge is -2.10. The molecule has 0 amide bonds. The molecule has 1 aromatic heterocycles. The number of H-pyrrole nitrogens is 1. The van der Waals surface area contributed by atoms with Crippen LogP contribution in [0.15, 0.2) is 28.2 Å². The number of thioether (sulfide) groups is 1. The minimum atomic E-state index is -0.901. The SMILES string of the molecule is CCn1c(SC(C)C(=O)c2ccc(F)cc2F)n[nH]c1=O. The zero-order valence-electron chi connectivity index (χ0n) is 11.4. The third-order valence-electron chi connectivity index (χ3n) is 2.89. The fraction of sp³-hybridized carbons (Fsp3) is 0.308. The number of benzene rings is 1. The summed E-state index contributed by atoms with van der Waals surface area (Å²) in [5.74, 6) is -2.13. The van der Waals surface area contributed by atoms with Crippen molar-refractivity contribution in [3.8, 4) is 0 Å². The van der Waals surface area contributed by atoms with Gasteiger partial charge in [0.2, 0.25) is 0 Å². The Morgan fingerprint density at radius 3 is 2.81 bits per heavy atom. The minimum absolute atomic E-state index is 0.183. The summed E-state index contributed by atoms with van der Waals surface area (Å²) in [5.41, 5.74) is -0.551. The molecule has 0 aliphatic rings. The first-order valence-corrected chi connectivity index (χ1v) is 7.13. The van der Waals surface area contributed by atoms with E-state index in [4.69, 9.17) is 0 Å². The first kappa shape index (κ1) is 15.4. The van der Waals surface area contributed by atoms with Crippen LogP contribution < -0.4 is 5.69 Å². The van der Waals surface area contributed by atoms with E-state index in [0.29, 0.717) is 17.8 Å². The number of carbonyl (C=O) groups is 1. The van der Waals surface area contributed by atoms with Crippen LogP contribution in [0.25, 0.3) is 0 Å². The van der Waals surface area contributed by atoms with E-state index in [0.717, 1.165) is 23.9 Å². The monoisotopic (exact) mass is 313 g/mol. The molecule has 1 unspecified atom stereocenters. The number of rotatable bonds is 5. The predicted octanol–water partition coefficient (Wildman–Crippen LogP) is 2.23. The van der Waals surface area contributed by atoms with E-state index in [-0.39, 0.29) is 11.3 Å². The average Bonchev–Trinajstić information content (AvgIpc) is 2.78. The van der Waals surface area contributed by atoms with E-state index < -0.39 is 22.7 Å². The van der Waals surface area contributed by atoms with Gasteiger partial charge in [-0.3, -0.25) is 9.36 Å². The number of aromatic amines is 1. The van der Waals surface area contributed by atoms with Crippen LogP contribution in [0.2, 0.25) is 0 Å². The average molecular weight is 313 g/mol. The standard InChI is InChI=1S/C13H13F2N3O2S/c1-3-18-12(20)16-17-13(18)21-7(2)11(19)9-5-4-8(14)6-10(9)15/h4-7H,3H2,1-2H3,(H,16,20). The molecule has 0 aliphatic heterocycles. The Balaban J connectivity index is 2.21. The largest absolute Gasteiger partial charge is 0.343 e. The van der Waals surface area contributed by atoms with Gasteiger partial charge in [0.25, 0.3) is 0 Å². The van der Waals surface area contributed by atoms with Crippen LogP contribution >= 0.6 is 11.8 Å². The van der Waals surface area contributed by atoms with Crippen molar-refractivity contribution < 1.29 is 13.6 Å². The predicted molar refractivity (Wildman–Crippen MR) is 74.5 cm³/mol. The summed E-state index contributed by atoms with van der Waals surface area (Å²) in [6.07, 6.45) is 0. The molecule has 0 spiro atoms. The third kappa shape index (κ3) is 3.21. The number of Topliss-reactive ketones (excluding diaryl/α,β-unsaturated/α-hetero) is 1. The minimum Gasteiger partial charge on any atom is -0.293 e. The number of aromatic nitrogens is 3. The molecule has 0 radical (unpaired) electrons. The Bertz CT molecular complexity index is 726. The smallest absolute Gasteiger partial charge is 0.293 e. The highest BCUT2D eigenvalue weighted by Crippen LogP contribution is 2.24. The van der Waals surface area contributed by atoms with Gasteiger partial charge in [-0.05, 0) is 26.0 Å². The van der Waals surface area contributed by atoms with Crippen molar-refractivity contribution in [2.24, 2.45) is 0 Å². The Kier molecular flexibility index (Phi) is 4.56. The molecule has 0 saturated heterocycles. The quantitative estimate of drug-likeness (QED) is 0.679. The van der Waals surface area contributed by atoms with E-state index in [1.807, 2.05) is 0 Å². The molecule has 0 saturated carbocycles. The molecule has 0 aliphatic carbocycles. The summed E-state index contributed by atoms with van der Waals surface area (Å²) in [4.78, 5) is 23.6. The Hall–Kier alpha value is -1.96. The lowest BCUT2D eigenvalue weighted by atomic mass is 10.1. The Morgan fingerprint density at radius 2 is 2.19 bits per heavy atom. The highest BCUT2D eigenvalue weighted by atomic mass is 32.2. The summed E-state index contributed by atoms with van der Waals surface area (Å²) in [7, 11) is 0. The summed E-state index contributed by atoms with van der Waals surface area (Å²) < 4.78 is 27.8. The van der Waals surface area contributed by atoms with Gasteiger partial charge < -0.3 is 0 Å². The number of hydrogen-bond acceptors (Lipinski definition) is 4. The summed E-state index contributed by atoms with van der Waals surface area (Å²) in [6.45, 7) is 3.76. The van der Waals surface area contributed by atoms with Gasteiger partial charge in [0.15, 0.2) is 10.9 Å². The van der Waals surface area contributed by atoms with Crippen LogP contribution in [0.3, 0.4) is 0 Å². The molecule has 21 heavy (non-hydrogen) atoms. The van der Waals surface area contributed by atoms with Crippen molar-refractivity contribution >= 4 is 17.5 Å². The number of hydrogen-bond donors (Lipinski definition) is 1. The summed E-state index contributed by atoms with van der Waals surface area (Å²) in [6, 6.07) is 2.81. The topological polar surface area (TPSA) is 67.8 Å². The van der Waals surface area contributed by atoms with Crippen LogP contribution in [0.4, 0.5) is 8.78 Å². The molecular weight excluding hydrogens is 300 g/mol. The van der Waals surface area contributed by atoms with Crippen molar-refractivity contribution in [2.45, 2.75) is 30.8 Å². The Labute approximate surface area is 123 Å². The number of carbonyl (C=O) groups excluding carboxylic acids is 1. The molecule has 1 heterocycles.